The van der Waals surface area contributed by atoms with Crippen molar-refractivity contribution >= 4 is 6.41 Å². The van der Waals surface area contributed by atoms with Gasteiger partial charge in [0.1, 0.15) is 0 Å². The molecule has 2 heteroatoms. The summed E-state index contributed by atoms with van der Waals surface area (Å²) in [4.78, 5) is 8.58. The Balaban J connectivity index is 0. The Morgan fingerprint density at radius 3 is 2.30 bits per heavy atom. The lowest BCUT2D eigenvalue weighted by Gasteiger charge is -1.83. The SMILES string of the molecule is CC=CCCCC.NC=O. The number of rotatable bonds is 3. The van der Waals surface area contributed by atoms with E-state index in [1.165, 1.54) is 19.3 Å². The first kappa shape index (κ1) is 11.9. The number of primary amides is 1. The lowest BCUT2D eigenvalue weighted by molar-refractivity contribution is -0.106. The van der Waals surface area contributed by atoms with E-state index in [2.05, 4.69) is 31.7 Å². The molecule has 0 radical (unpaired) electrons. The largest absolute Gasteiger partial charge is 0.372 e. The topological polar surface area (TPSA) is 43.1 Å². The van der Waals surface area contributed by atoms with Gasteiger partial charge in [0, 0.05) is 0 Å². The van der Waals surface area contributed by atoms with E-state index in [9.17, 15) is 0 Å². The van der Waals surface area contributed by atoms with Crippen LogP contribution in [0.3, 0.4) is 0 Å². The monoisotopic (exact) mass is 143 g/mol. The predicted molar refractivity (Wildman–Crippen MR) is 44.6 cm³/mol. The van der Waals surface area contributed by atoms with Crippen LogP contribution in [0.2, 0.25) is 0 Å². The van der Waals surface area contributed by atoms with Crippen molar-refractivity contribution in [1.29, 1.82) is 0 Å². The molecule has 0 aromatic rings. The van der Waals surface area contributed by atoms with Crippen molar-refractivity contribution < 1.29 is 4.79 Å². The van der Waals surface area contributed by atoms with Crippen LogP contribution in [0.4, 0.5) is 0 Å². The molecule has 0 aromatic carbocycles. The molecule has 0 spiro atoms. The third-order valence-electron chi connectivity index (χ3n) is 0.960. The maximum atomic E-state index is 8.58. The number of nitrogens with two attached hydrogens (primary N) is 1. The molecule has 0 saturated heterocycles. The summed E-state index contributed by atoms with van der Waals surface area (Å²) in [6, 6.07) is 0. The molecule has 2 N–H and O–H groups in total. The first-order valence-electron chi connectivity index (χ1n) is 3.60. The van der Waals surface area contributed by atoms with Crippen LogP contribution >= 0.6 is 0 Å². The van der Waals surface area contributed by atoms with Crippen LogP contribution in [0.15, 0.2) is 12.2 Å². The number of amides is 1. The summed E-state index contributed by atoms with van der Waals surface area (Å²) in [7, 11) is 0. The molecule has 0 atom stereocenters. The van der Waals surface area contributed by atoms with E-state index in [0.29, 0.717) is 0 Å². The summed E-state index contributed by atoms with van der Waals surface area (Å²) in [5.74, 6) is 0. The van der Waals surface area contributed by atoms with Gasteiger partial charge < -0.3 is 5.73 Å². The van der Waals surface area contributed by atoms with E-state index in [-0.39, 0.29) is 6.41 Å². The molecule has 0 aliphatic heterocycles. The Labute approximate surface area is 63.1 Å². The van der Waals surface area contributed by atoms with Gasteiger partial charge in [0.15, 0.2) is 0 Å². The number of allylic oxidation sites excluding steroid dienone is 2. The van der Waals surface area contributed by atoms with E-state index in [1.807, 2.05) is 0 Å². The van der Waals surface area contributed by atoms with Gasteiger partial charge in [-0.2, -0.15) is 0 Å². The zero-order chi connectivity index (χ0) is 8.24. The number of carbonyl (C=O) groups excluding carboxylic acids is 1. The van der Waals surface area contributed by atoms with E-state index >= 15 is 0 Å². The quantitative estimate of drug-likeness (QED) is 0.366. The molecule has 0 rings (SSSR count). The molecule has 0 bridgehead atoms. The van der Waals surface area contributed by atoms with E-state index in [1.54, 1.807) is 0 Å². The van der Waals surface area contributed by atoms with Crippen LogP contribution in [0.25, 0.3) is 0 Å². The van der Waals surface area contributed by atoms with Crippen molar-refractivity contribution in [2.45, 2.75) is 33.1 Å². The molecule has 10 heavy (non-hydrogen) atoms. The van der Waals surface area contributed by atoms with Crippen LogP contribution < -0.4 is 5.73 Å². The normalized spacial score (nSPS) is 8.60. The van der Waals surface area contributed by atoms with Crippen molar-refractivity contribution in [3.8, 4) is 0 Å². The highest BCUT2D eigenvalue weighted by atomic mass is 16.1. The fourth-order valence-corrected chi connectivity index (χ4v) is 0.489. The average Bonchev–Trinajstić information content (AvgIpc) is 1.91. The highest BCUT2D eigenvalue weighted by Gasteiger charge is 1.73. The number of unbranched alkanes of at least 4 members (excludes halogenated alkanes) is 2. The molecule has 0 heterocycles. The highest BCUT2D eigenvalue weighted by Crippen LogP contribution is 1.93. The second-order valence-corrected chi connectivity index (χ2v) is 1.85. The van der Waals surface area contributed by atoms with Crippen molar-refractivity contribution in [3.63, 3.8) is 0 Å². The van der Waals surface area contributed by atoms with E-state index in [4.69, 9.17) is 4.79 Å². The minimum absolute atomic E-state index is 0.250. The van der Waals surface area contributed by atoms with Gasteiger partial charge in [-0.1, -0.05) is 31.9 Å². The van der Waals surface area contributed by atoms with Gasteiger partial charge in [-0.15, -0.1) is 0 Å². The summed E-state index contributed by atoms with van der Waals surface area (Å²) in [5, 5.41) is 0. The molecular weight excluding hydrogens is 126 g/mol. The van der Waals surface area contributed by atoms with Crippen LogP contribution in [0.5, 0.6) is 0 Å². The van der Waals surface area contributed by atoms with Gasteiger partial charge in [0.2, 0.25) is 6.41 Å². The molecule has 2 nitrogen and oxygen atoms in total. The van der Waals surface area contributed by atoms with Gasteiger partial charge in [-0.3, -0.25) is 4.79 Å². The average molecular weight is 143 g/mol. The molecule has 0 unspecified atom stereocenters. The van der Waals surface area contributed by atoms with Gasteiger partial charge in [-0.25, -0.2) is 0 Å². The first-order valence-corrected chi connectivity index (χ1v) is 3.60. The minimum atomic E-state index is 0.250. The molecular formula is C8H17NO. The van der Waals surface area contributed by atoms with Crippen molar-refractivity contribution in [2.75, 3.05) is 0 Å². The maximum Gasteiger partial charge on any atom is 0.204 e. The summed E-state index contributed by atoms with van der Waals surface area (Å²) < 4.78 is 0. The van der Waals surface area contributed by atoms with Crippen molar-refractivity contribution in [2.24, 2.45) is 5.73 Å². The third-order valence-corrected chi connectivity index (χ3v) is 0.960. The summed E-state index contributed by atoms with van der Waals surface area (Å²) in [6.07, 6.45) is 8.47. The van der Waals surface area contributed by atoms with Crippen LogP contribution in [0.1, 0.15) is 33.1 Å². The summed E-state index contributed by atoms with van der Waals surface area (Å²) >= 11 is 0. The molecule has 0 fully saturated rings. The lowest BCUT2D eigenvalue weighted by Crippen LogP contribution is -1.82. The lowest BCUT2D eigenvalue weighted by atomic mass is 10.2. The van der Waals surface area contributed by atoms with Crippen molar-refractivity contribution in [1.82, 2.24) is 0 Å². The number of hydrogen-bond donors (Lipinski definition) is 1. The molecule has 0 aromatic heterocycles. The first-order chi connectivity index (χ1) is 4.83. The Morgan fingerprint density at radius 2 is 2.00 bits per heavy atom. The second-order valence-electron chi connectivity index (χ2n) is 1.85. The third kappa shape index (κ3) is 27.0. The van der Waals surface area contributed by atoms with Gasteiger partial charge in [-0.05, 0) is 13.3 Å². The smallest absolute Gasteiger partial charge is 0.204 e. The Morgan fingerprint density at radius 1 is 1.50 bits per heavy atom. The summed E-state index contributed by atoms with van der Waals surface area (Å²) in [6.45, 7) is 4.28. The zero-order valence-electron chi connectivity index (χ0n) is 6.84. The fourth-order valence-electron chi connectivity index (χ4n) is 0.489. The van der Waals surface area contributed by atoms with Gasteiger partial charge in [0.25, 0.3) is 0 Å². The van der Waals surface area contributed by atoms with E-state index in [0.717, 1.165) is 0 Å². The zero-order valence-corrected chi connectivity index (χ0v) is 6.84. The number of carbonyl (C=O) groups is 1. The molecule has 1 amide bonds. The minimum Gasteiger partial charge on any atom is -0.372 e. The second kappa shape index (κ2) is 15.7. The van der Waals surface area contributed by atoms with E-state index < -0.39 is 0 Å². The number of hydrogen-bond acceptors (Lipinski definition) is 1. The molecule has 60 valence electrons. The van der Waals surface area contributed by atoms with Crippen LogP contribution in [0, 0.1) is 0 Å². The highest BCUT2D eigenvalue weighted by molar-refractivity contribution is 5.42. The molecule has 0 aliphatic rings. The fraction of sp³-hybridized carbons (Fsp3) is 0.625. The Bertz CT molecular complexity index is 79.3. The van der Waals surface area contributed by atoms with Crippen molar-refractivity contribution in [3.05, 3.63) is 12.2 Å². The maximum absolute atomic E-state index is 8.58. The van der Waals surface area contributed by atoms with Crippen LogP contribution in [-0.4, -0.2) is 6.41 Å². The van der Waals surface area contributed by atoms with Gasteiger partial charge in [0.05, 0.1) is 0 Å². The standard InChI is InChI=1S/C7H14.CH3NO/c1-3-5-7-6-4-2;2-1-3/h3,5H,4,6-7H2,1-2H3;1H,(H2,2,3). The Hall–Kier alpha value is -0.790. The van der Waals surface area contributed by atoms with Gasteiger partial charge >= 0.3 is 0 Å². The molecule has 0 aliphatic carbocycles. The van der Waals surface area contributed by atoms with Crippen LogP contribution in [-0.2, 0) is 4.79 Å². The molecule has 0 saturated carbocycles. The summed E-state index contributed by atoms with van der Waals surface area (Å²) in [5.41, 5.74) is 4.17. The Kier molecular flexibility index (Phi) is 18.8. The predicted octanol–water partition coefficient (Wildman–Crippen LogP) is 1.85.